The number of primary sulfonamides is 1. The minimum atomic E-state index is -3.58. The number of nitrogens with two attached hydrogens (primary N) is 1. The Morgan fingerprint density at radius 2 is 1.85 bits per heavy atom. The van der Waals surface area contributed by atoms with Crippen LogP contribution in [0.25, 0.3) is 0 Å². The van der Waals surface area contributed by atoms with Gasteiger partial charge in [-0.2, -0.15) is 0 Å². The predicted octanol–water partition coefficient (Wildman–Crippen LogP) is 2.43. The maximum Gasteiger partial charge on any atom is 0.238 e. The van der Waals surface area contributed by atoms with E-state index in [-0.39, 0.29) is 4.90 Å². The van der Waals surface area contributed by atoms with Crippen molar-refractivity contribution in [3.8, 4) is 0 Å². The van der Waals surface area contributed by atoms with Crippen LogP contribution in [-0.4, -0.2) is 21.0 Å². The van der Waals surface area contributed by atoms with E-state index in [1.807, 2.05) is 12.1 Å². The third-order valence-corrected chi connectivity index (χ3v) is 4.43. The van der Waals surface area contributed by atoms with Crippen LogP contribution in [-0.2, 0) is 16.4 Å². The zero-order valence-corrected chi connectivity index (χ0v) is 13.2. The highest BCUT2D eigenvalue weighted by atomic mass is 32.2. The summed E-state index contributed by atoms with van der Waals surface area (Å²) < 4.78 is 22.3. The van der Waals surface area contributed by atoms with Gasteiger partial charge in [0.1, 0.15) is 0 Å². The van der Waals surface area contributed by atoms with Crippen LogP contribution in [0.15, 0.2) is 29.2 Å². The fourth-order valence-corrected chi connectivity index (χ4v) is 2.68. The van der Waals surface area contributed by atoms with Gasteiger partial charge in [-0.05, 0) is 43.5 Å². The number of hydrogen-bond acceptors (Lipinski definition) is 3. The molecule has 1 unspecified atom stereocenters. The van der Waals surface area contributed by atoms with E-state index >= 15 is 0 Å². The van der Waals surface area contributed by atoms with E-state index in [0.29, 0.717) is 6.04 Å². The van der Waals surface area contributed by atoms with Crippen molar-refractivity contribution >= 4 is 10.0 Å². The normalized spacial score (nSPS) is 13.3. The Morgan fingerprint density at radius 3 is 2.35 bits per heavy atom. The molecule has 0 heterocycles. The molecule has 1 aromatic rings. The first kappa shape index (κ1) is 17.1. The van der Waals surface area contributed by atoms with Gasteiger partial charge in [0.2, 0.25) is 10.0 Å². The van der Waals surface area contributed by atoms with Gasteiger partial charge in [0, 0.05) is 6.04 Å². The molecular weight excluding hydrogens is 272 g/mol. The van der Waals surface area contributed by atoms with Crippen molar-refractivity contribution in [2.75, 3.05) is 6.54 Å². The average Bonchev–Trinajstić information content (AvgIpc) is 2.42. The molecule has 0 spiro atoms. The molecule has 0 aromatic heterocycles. The summed E-state index contributed by atoms with van der Waals surface area (Å²) in [5.41, 5.74) is 1.12. The SMILES string of the molecule is CCCCC(CC)NCCc1ccc(S(N)(=O)=O)cc1. The lowest BCUT2D eigenvalue weighted by Crippen LogP contribution is -2.30. The second-order valence-electron chi connectivity index (χ2n) is 5.14. The maximum atomic E-state index is 11.2. The summed E-state index contributed by atoms with van der Waals surface area (Å²) in [6.07, 6.45) is 5.75. The van der Waals surface area contributed by atoms with E-state index in [1.165, 1.54) is 19.3 Å². The van der Waals surface area contributed by atoms with E-state index in [9.17, 15) is 8.42 Å². The summed E-state index contributed by atoms with van der Waals surface area (Å²) in [7, 11) is -3.58. The van der Waals surface area contributed by atoms with Gasteiger partial charge in [-0.1, -0.05) is 38.8 Å². The average molecular weight is 298 g/mol. The van der Waals surface area contributed by atoms with Crippen molar-refractivity contribution in [3.05, 3.63) is 29.8 Å². The van der Waals surface area contributed by atoms with Crippen LogP contribution in [0.2, 0.25) is 0 Å². The molecule has 0 saturated heterocycles. The van der Waals surface area contributed by atoms with Gasteiger partial charge in [-0.3, -0.25) is 0 Å². The summed E-state index contributed by atoms with van der Waals surface area (Å²) in [5.74, 6) is 0. The Morgan fingerprint density at radius 1 is 1.20 bits per heavy atom. The highest BCUT2D eigenvalue weighted by molar-refractivity contribution is 7.89. The third-order valence-electron chi connectivity index (χ3n) is 3.50. The first-order chi connectivity index (χ1) is 9.47. The molecule has 0 aliphatic heterocycles. The van der Waals surface area contributed by atoms with Crippen molar-refractivity contribution in [2.24, 2.45) is 5.14 Å². The topological polar surface area (TPSA) is 72.2 Å². The molecule has 0 amide bonds. The zero-order chi connectivity index (χ0) is 15.0. The van der Waals surface area contributed by atoms with Gasteiger partial charge < -0.3 is 5.32 Å². The zero-order valence-electron chi connectivity index (χ0n) is 12.4. The van der Waals surface area contributed by atoms with Gasteiger partial charge in [0.05, 0.1) is 4.90 Å². The van der Waals surface area contributed by atoms with E-state index < -0.39 is 10.0 Å². The molecule has 3 N–H and O–H groups in total. The number of unbranched alkanes of at least 4 members (excludes halogenated alkanes) is 1. The van der Waals surface area contributed by atoms with Crippen LogP contribution >= 0.6 is 0 Å². The van der Waals surface area contributed by atoms with E-state index in [0.717, 1.165) is 24.9 Å². The molecule has 0 bridgehead atoms. The molecule has 0 radical (unpaired) electrons. The van der Waals surface area contributed by atoms with E-state index in [2.05, 4.69) is 19.2 Å². The molecule has 114 valence electrons. The molecule has 0 aliphatic rings. The van der Waals surface area contributed by atoms with E-state index in [4.69, 9.17) is 5.14 Å². The van der Waals surface area contributed by atoms with Crippen LogP contribution in [0.4, 0.5) is 0 Å². The Labute approximate surface area is 122 Å². The minimum absolute atomic E-state index is 0.170. The second kappa shape index (κ2) is 8.39. The van der Waals surface area contributed by atoms with Gasteiger partial charge >= 0.3 is 0 Å². The predicted molar refractivity (Wildman–Crippen MR) is 83.1 cm³/mol. The highest BCUT2D eigenvalue weighted by Gasteiger charge is 2.07. The molecule has 20 heavy (non-hydrogen) atoms. The van der Waals surface area contributed by atoms with Crippen molar-refractivity contribution in [1.82, 2.24) is 5.32 Å². The summed E-state index contributed by atoms with van der Waals surface area (Å²) in [6.45, 7) is 5.32. The Hall–Kier alpha value is -0.910. The van der Waals surface area contributed by atoms with Crippen LogP contribution in [0.1, 0.15) is 45.1 Å². The molecule has 0 fully saturated rings. The summed E-state index contributed by atoms with van der Waals surface area (Å²) in [5, 5.41) is 8.63. The summed E-state index contributed by atoms with van der Waals surface area (Å²) in [4.78, 5) is 0.170. The number of benzene rings is 1. The van der Waals surface area contributed by atoms with E-state index in [1.54, 1.807) is 12.1 Å². The van der Waals surface area contributed by atoms with Crippen molar-refractivity contribution in [2.45, 2.75) is 56.9 Å². The molecule has 1 aromatic carbocycles. The minimum Gasteiger partial charge on any atom is -0.314 e. The number of sulfonamides is 1. The molecule has 5 heteroatoms. The molecule has 1 atom stereocenters. The van der Waals surface area contributed by atoms with Crippen molar-refractivity contribution < 1.29 is 8.42 Å². The Bertz CT molecular complexity index is 483. The fraction of sp³-hybridized carbons (Fsp3) is 0.600. The molecule has 0 aliphatic carbocycles. The van der Waals surface area contributed by atoms with Crippen LogP contribution < -0.4 is 10.5 Å². The molecule has 4 nitrogen and oxygen atoms in total. The number of hydrogen-bond donors (Lipinski definition) is 2. The van der Waals surface area contributed by atoms with Crippen LogP contribution in [0.5, 0.6) is 0 Å². The number of rotatable bonds is 9. The highest BCUT2D eigenvalue weighted by Crippen LogP contribution is 2.09. The molecule has 0 saturated carbocycles. The Kier molecular flexibility index (Phi) is 7.19. The van der Waals surface area contributed by atoms with Crippen LogP contribution in [0, 0.1) is 0 Å². The lowest BCUT2D eigenvalue weighted by atomic mass is 10.1. The van der Waals surface area contributed by atoms with Gasteiger partial charge in [-0.15, -0.1) is 0 Å². The number of nitrogens with one attached hydrogen (secondary N) is 1. The second-order valence-corrected chi connectivity index (χ2v) is 6.70. The monoisotopic (exact) mass is 298 g/mol. The quantitative estimate of drug-likeness (QED) is 0.735. The molecule has 1 rings (SSSR count). The first-order valence-electron chi connectivity index (χ1n) is 7.32. The smallest absolute Gasteiger partial charge is 0.238 e. The van der Waals surface area contributed by atoms with Gasteiger partial charge in [0.15, 0.2) is 0 Å². The third kappa shape index (κ3) is 6.03. The lowest BCUT2D eigenvalue weighted by Gasteiger charge is -2.16. The van der Waals surface area contributed by atoms with Crippen molar-refractivity contribution in [1.29, 1.82) is 0 Å². The summed E-state index contributed by atoms with van der Waals surface area (Å²) >= 11 is 0. The van der Waals surface area contributed by atoms with Gasteiger partial charge in [0.25, 0.3) is 0 Å². The standard InChI is InChI=1S/C15H26N2O2S/c1-3-5-6-14(4-2)17-12-11-13-7-9-15(10-8-13)20(16,18)19/h7-10,14,17H,3-6,11-12H2,1-2H3,(H2,16,18,19). The summed E-state index contributed by atoms with van der Waals surface area (Å²) in [6, 6.07) is 7.37. The Balaban J connectivity index is 2.42. The fourth-order valence-electron chi connectivity index (χ4n) is 2.17. The maximum absolute atomic E-state index is 11.2. The van der Waals surface area contributed by atoms with Crippen LogP contribution in [0.3, 0.4) is 0 Å². The first-order valence-corrected chi connectivity index (χ1v) is 8.87. The lowest BCUT2D eigenvalue weighted by molar-refractivity contribution is 0.456. The van der Waals surface area contributed by atoms with Crippen molar-refractivity contribution in [3.63, 3.8) is 0 Å². The van der Waals surface area contributed by atoms with Gasteiger partial charge in [-0.25, -0.2) is 13.6 Å². The largest absolute Gasteiger partial charge is 0.314 e. The molecular formula is C15H26N2O2S.